The van der Waals surface area contributed by atoms with E-state index in [9.17, 15) is 23.1 Å². The van der Waals surface area contributed by atoms with E-state index in [1.807, 2.05) is 6.92 Å². The van der Waals surface area contributed by atoms with Gasteiger partial charge in [-0.2, -0.15) is 13.2 Å². The van der Waals surface area contributed by atoms with Crippen LogP contribution in [0.3, 0.4) is 0 Å². The molecule has 0 radical (unpaired) electrons. The Kier molecular flexibility index (Phi) is 6.40. The molecule has 0 aromatic heterocycles. The van der Waals surface area contributed by atoms with Crippen LogP contribution in [0.15, 0.2) is 30.3 Å². The Balaban J connectivity index is 2.79. The zero-order chi connectivity index (χ0) is 15.9. The molecule has 118 valence electrons. The summed E-state index contributed by atoms with van der Waals surface area (Å²) in [6.45, 7) is 2.01. The van der Waals surface area contributed by atoms with Gasteiger partial charge in [-0.15, -0.1) is 0 Å². The minimum atomic E-state index is -4.88. The van der Waals surface area contributed by atoms with E-state index in [-0.39, 0.29) is 12.0 Å². The number of aliphatic hydroxyl groups is 1. The average molecular weight is 302 g/mol. The van der Waals surface area contributed by atoms with Gasteiger partial charge in [0.2, 0.25) is 0 Å². The molecule has 0 saturated heterocycles. The average Bonchev–Trinajstić information content (AvgIpc) is 2.43. The number of carbonyl (C=O) groups excluding carboxylic acids is 1. The van der Waals surface area contributed by atoms with Gasteiger partial charge in [-0.1, -0.05) is 56.5 Å². The molecular weight excluding hydrogens is 281 g/mol. The predicted molar refractivity (Wildman–Crippen MR) is 74.8 cm³/mol. The quantitative estimate of drug-likeness (QED) is 0.724. The van der Waals surface area contributed by atoms with Crippen LogP contribution in [0.5, 0.6) is 0 Å². The van der Waals surface area contributed by atoms with Crippen LogP contribution in [0.2, 0.25) is 0 Å². The Labute approximate surface area is 123 Å². The lowest BCUT2D eigenvalue weighted by molar-refractivity contribution is -0.267. The molecule has 0 spiro atoms. The van der Waals surface area contributed by atoms with Crippen LogP contribution in [0.1, 0.15) is 51.0 Å². The van der Waals surface area contributed by atoms with Crippen molar-refractivity contribution in [1.82, 2.24) is 0 Å². The molecule has 1 atom stereocenters. The Hall–Kier alpha value is -1.36. The Morgan fingerprint density at radius 3 is 2.24 bits per heavy atom. The van der Waals surface area contributed by atoms with Gasteiger partial charge in [-0.25, -0.2) is 0 Å². The molecule has 1 rings (SSSR count). The highest BCUT2D eigenvalue weighted by atomic mass is 19.4. The first-order valence-electron chi connectivity index (χ1n) is 7.17. The van der Waals surface area contributed by atoms with Gasteiger partial charge in [0.15, 0.2) is 5.60 Å². The van der Waals surface area contributed by atoms with Crippen LogP contribution in [0, 0.1) is 0 Å². The van der Waals surface area contributed by atoms with Crippen molar-refractivity contribution in [3.05, 3.63) is 35.9 Å². The summed E-state index contributed by atoms with van der Waals surface area (Å²) in [6, 6.07) is 6.78. The molecule has 0 aliphatic rings. The van der Waals surface area contributed by atoms with Gasteiger partial charge >= 0.3 is 6.18 Å². The number of ketones is 1. The lowest BCUT2D eigenvalue weighted by atomic mass is 9.87. The summed E-state index contributed by atoms with van der Waals surface area (Å²) in [5, 5.41) is 10.0. The minimum absolute atomic E-state index is 0.0746. The first kappa shape index (κ1) is 17.7. The normalized spacial score (nSPS) is 14.7. The van der Waals surface area contributed by atoms with Crippen molar-refractivity contribution < 1.29 is 23.1 Å². The minimum Gasteiger partial charge on any atom is -0.376 e. The number of benzene rings is 1. The topological polar surface area (TPSA) is 37.3 Å². The standard InChI is InChI=1S/C16H21F3O2/c1-2-3-4-8-11-14(20)12-15(21,16(17,18)19)13-9-6-5-7-10-13/h5-7,9-10,21H,2-4,8,11-12H2,1H3/t15-/m1/s1. The number of rotatable bonds is 8. The fraction of sp³-hybridized carbons (Fsp3) is 0.562. The monoisotopic (exact) mass is 302 g/mol. The summed E-state index contributed by atoms with van der Waals surface area (Å²) in [5.41, 5.74) is -3.39. The second-order valence-corrected chi connectivity index (χ2v) is 5.25. The molecule has 5 heteroatoms. The van der Waals surface area contributed by atoms with Gasteiger partial charge in [-0.05, 0) is 12.0 Å². The van der Waals surface area contributed by atoms with E-state index in [1.54, 1.807) is 6.07 Å². The summed E-state index contributed by atoms with van der Waals surface area (Å²) < 4.78 is 39.6. The highest BCUT2D eigenvalue weighted by Gasteiger charge is 2.55. The maximum Gasteiger partial charge on any atom is 0.421 e. The fourth-order valence-electron chi connectivity index (χ4n) is 2.20. The Morgan fingerprint density at radius 1 is 1.10 bits per heavy atom. The number of unbranched alkanes of at least 4 members (excludes halogenated alkanes) is 3. The third-order valence-electron chi connectivity index (χ3n) is 3.48. The first-order chi connectivity index (χ1) is 9.81. The molecule has 1 N–H and O–H groups in total. The smallest absolute Gasteiger partial charge is 0.376 e. The second kappa shape index (κ2) is 7.59. The molecule has 0 unspecified atom stereocenters. The number of halogens is 3. The maximum absolute atomic E-state index is 13.2. The molecule has 0 amide bonds. The molecule has 0 aliphatic carbocycles. The number of carbonyl (C=O) groups is 1. The van der Waals surface area contributed by atoms with Gasteiger partial charge in [0.05, 0.1) is 0 Å². The highest BCUT2D eigenvalue weighted by molar-refractivity contribution is 5.79. The number of hydrogen-bond acceptors (Lipinski definition) is 2. The van der Waals surface area contributed by atoms with Crippen molar-refractivity contribution in [3.8, 4) is 0 Å². The fourth-order valence-corrected chi connectivity index (χ4v) is 2.20. The van der Waals surface area contributed by atoms with Gasteiger partial charge in [0.25, 0.3) is 0 Å². The third-order valence-corrected chi connectivity index (χ3v) is 3.48. The third kappa shape index (κ3) is 4.84. The van der Waals surface area contributed by atoms with E-state index >= 15 is 0 Å². The lowest BCUT2D eigenvalue weighted by Gasteiger charge is -2.30. The predicted octanol–water partition coefficient (Wildman–Crippen LogP) is 4.37. The molecule has 0 fully saturated rings. The number of Topliss-reactive ketones (excluding diaryl/α,β-unsaturated/α-hetero) is 1. The van der Waals surface area contributed by atoms with Gasteiger partial charge in [0.1, 0.15) is 5.78 Å². The molecule has 0 heterocycles. The molecule has 0 aliphatic heterocycles. The van der Waals surface area contributed by atoms with Gasteiger partial charge < -0.3 is 5.11 Å². The Bertz CT molecular complexity index is 443. The van der Waals surface area contributed by atoms with Crippen LogP contribution < -0.4 is 0 Å². The van der Waals surface area contributed by atoms with Gasteiger partial charge in [0, 0.05) is 12.8 Å². The second-order valence-electron chi connectivity index (χ2n) is 5.25. The van der Waals surface area contributed by atoms with Crippen molar-refractivity contribution in [3.63, 3.8) is 0 Å². The van der Waals surface area contributed by atoms with E-state index in [1.165, 1.54) is 24.3 Å². The molecule has 1 aromatic carbocycles. The van der Waals surface area contributed by atoms with Crippen LogP contribution in [0.4, 0.5) is 13.2 Å². The van der Waals surface area contributed by atoms with Crippen LogP contribution in [-0.4, -0.2) is 17.1 Å². The van der Waals surface area contributed by atoms with E-state index in [0.717, 1.165) is 19.3 Å². The number of hydrogen-bond donors (Lipinski definition) is 1. The molecule has 1 aromatic rings. The number of alkyl halides is 3. The van der Waals surface area contributed by atoms with Crippen LogP contribution >= 0.6 is 0 Å². The lowest BCUT2D eigenvalue weighted by Crippen LogP contribution is -2.44. The van der Waals surface area contributed by atoms with Crippen molar-refractivity contribution in [2.75, 3.05) is 0 Å². The summed E-state index contributed by atoms with van der Waals surface area (Å²) in [7, 11) is 0. The van der Waals surface area contributed by atoms with E-state index in [2.05, 4.69) is 0 Å². The zero-order valence-electron chi connectivity index (χ0n) is 12.1. The maximum atomic E-state index is 13.2. The van der Waals surface area contributed by atoms with E-state index in [0.29, 0.717) is 6.42 Å². The summed E-state index contributed by atoms with van der Waals surface area (Å²) >= 11 is 0. The van der Waals surface area contributed by atoms with Crippen molar-refractivity contribution in [1.29, 1.82) is 0 Å². The van der Waals surface area contributed by atoms with Crippen molar-refractivity contribution >= 4 is 5.78 Å². The zero-order valence-corrected chi connectivity index (χ0v) is 12.1. The summed E-state index contributed by atoms with van der Waals surface area (Å²) in [4.78, 5) is 11.8. The molecule has 21 heavy (non-hydrogen) atoms. The molecule has 2 nitrogen and oxygen atoms in total. The molecule has 0 saturated carbocycles. The highest BCUT2D eigenvalue weighted by Crippen LogP contribution is 2.41. The van der Waals surface area contributed by atoms with E-state index in [4.69, 9.17) is 0 Å². The van der Waals surface area contributed by atoms with E-state index < -0.39 is 24.0 Å². The largest absolute Gasteiger partial charge is 0.421 e. The summed E-state index contributed by atoms with van der Waals surface area (Å²) in [5.74, 6) is -0.560. The SMILES string of the molecule is CCCCCCC(=O)C[C@@](O)(c1ccccc1)C(F)(F)F. The van der Waals surface area contributed by atoms with Crippen molar-refractivity contribution in [2.45, 2.75) is 57.2 Å². The molecular formula is C16H21F3O2. The summed E-state index contributed by atoms with van der Waals surface area (Å²) in [6.07, 6.45) is -2.40. The van der Waals surface area contributed by atoms with Gasteiger partial charge in [-0.3, -0.25) is 4.79 Å². The first-order valence-corrected chi connectivity index (χ1v) is 7.17. The van der Waals surface area contributed by atoms with Crippen LogP contribution in [-0.2, 0) is 10.4 Å². The van der Waals surface area contributed by atoms with Crippen molar-refractivity contribution in [2.24, 2.45) is 0 Å². The van der Waals surface area contributed by atoms with Crippen LogP contribution in [0.25, 0.3) is 0 Å². The Morgan fingerprint density at radius 2 is 1.71 bits per heavy atom. The molecule has 0 bridgehead atoms.